The average molecular weight is 355 g/mol. The number of nitrogens with zero attached hydrogens (tertiary/aromatic N) is 1. The first kappa shape index (κ1) is 17.1. The van der Waals surface area contributed by atoms with Crippen LogP contribution in [0.25, 0.3) is 11.1 Å². The molecule has 0 N–H and O–H groups in total. The topological polar surface area (TPSA) is 42.2 Å². The van der Waals surface area contributed by atoms with Gasteiger partial charge in [0.15, 0.2) is 5.79 Å². The number of fused-ring (bicyclic) bond motifs is 3. The highest BCUT2D eigenvalue weighted by Crippen LogP contribution is 2.50. The summed E-state index contributed by atoms with van der Waals surface area (Å²) in [6.45, 7) is 3.55. The van der Waals surface area contributed by atoms with Crippen molar-refractivity contribution in [2.75, 3.05) is 13.2 Å². The van der Waals surface area contributed by atoms with Crippen molar-refractivity contribution in [2.45, 2.75) is 32.0 Å². The Morgan fingerprint density at radius 2 is 1.62 bits per heavy atom. The zero-order valence-corrected chi connectivity index (χ0v) is 14.5. The highest BCUT2D eigenvalue weighted by molar-refractivity contribution is 5.65. The Kier molecular flexibility index (Phi) is 4.06. The quantitative estimate of drug-likeness (QED) is 0.787. The van der Waals surface area contributed by atoms with Gasteiger partial charge in [-0.25, -0.2) is 8.78 Å². The number of hydrogen-bond donors (Lipinski definition) is 0. The molecule has 5 heteroatoms. The fourth-order valence-electron chi connectivity index (χ4n) is 3.80. The van der Waals surface area contributed by atoms with Gasteiger partial charge < -0.3 is 9.47 Å². The summed E-state index contributed by atoms with van der Waals surface area (Å²) >= 11 is 0. The minimum Gasteiger partial charge on any atom is -0.345 e. The van der Waals surface area contributed by atoms with Gasteiger partial charge in [-0.15, -0.1) is 0 Å². The van der Waals surface area contributed by atoms with Crippen LogP contribution in [0.1, 0.15) is 37.3 Å². The summed E-state index contributed by atoms with van der Waals surface area (Å²) in [5.74, 6) is -2.42. The molecule has 2 aromatic carbocycles. The van der Waals surface area contributed by atoms with Crippen LogP contribution in [0.4, 0.5) is 8.78 Å². The van der Waals surface area contributed by atoms with Gasteiger partial charge in [0.05, 0.1) is 13.2 Å². The smallest absolute Gasteiger partial charge is 0.194 e. The number of hydrogen-bond acceptors (Lipinski definition) is 3. The molecule has 0 radical (unpaired) electrons. The van der Waals surface area contributed by atoms with Crippen LogP contribution >= 0.6 is 0 Å². The van der Waals surface area contributed by atoms with Crippen molar-refractivity contribution in [3.63, 3.8) is 0 Å². The maximum atomic E-state index is 13.9. The van der Waals surface area contributed by atoms with Gasteiger partial charge in [0.25, 0.3) is 0 Å². The molecule has 0 aromatic heterocycles. The first-order valence-corrected chi connectivity index (χ1v) is 8.79. The molecule has 3 fully saturated rings. The standard InChI is InChI=1S/C21H19F2NO2/c1-2-20-7-8-21(25-12-20,26-13-20)16-5-3-14(4-6-16)15-9-18(22)17(11-24)19(23)10-15/h3-6,9-10H,2,7-8,12-13H2,1H3. The molecule has 5 rings (SSSR count). The van der Waals surface area contributed by atoms with E-state index in [1.54, 1.807) is 12.1 Å². The Balaban J connectivity index is 1.62. The SMILES string of the molecule is CCC12CCC(c3ccc(-c4cc(F)c(C#N)c(F)c4)cc3)(OC1)OC2. The Hall–Kier alpha value is -2.29. The number of ether oxygens (including phenoxy) is 2. The third kappa shape index (κ3) is 2.61. The summed E-state index contributed by atoms with van der Waals surface area (Å²) in [5, 5.41) is 8.78. The molecule has 0 saturated carbocycles. The van der Waals surface area contributed by atoms with E-state index < -0.39 is 23.0 Å². The van der Waals surface area contributed by atoms with E-state index in [2.05, 4.69) is 6.92 Å². The van der Waals surface area contributed by atoms with Crippen molar-refractivity contribution in [3.05, 3.63) is 59.2 Å². The molecule has 0 aliphatic carbocycles. The molecule has 3 nitrogen and oxygen atoms in total. The first-order valence-electron chi connectivity index (χ1n) is 8.79. The molecule has 2 aromatic rings. The lowest BCUT2D eigenvalue weighted by Crippen LogP contribution is -2.53. The summed E-state index contributed by atoms with van der Waals surface area (Å²) < 4.78 is 39.9. The van der Waals surface area contributed by atoms with Crippen LogP contribution < -0.4 is 0 Å². The van der Waals surface area contributed by atoms with Crippen LogP contribution in [0.5, 0.6) is 0 Å². The van der Waals surface area contributed by atoms with Crippen LogP contribution in [-0.2, 0) is 15.3 Å². The second-order valence-corrected chi connectivity index (χ2v) is 7.19. The van der Waals surface area contributed by atoms with Gasteiger partial charge in [0, 0.05) is 17.4 Å². The summed E-state index contributed by atoms with van der Waals surface area (Å²) in [4.78, 5) is 0. The Labute approximate surface area is 151 Å². The van der Waals surface area contributed by atoms with Crippen molar-refractivity contribution in [3.8, 4) is 17.2 Å². The lowest BCUT2D eigenvalue weighted by molar-refractivity contribution is -0.350. The zero-order chi connectivity index (χ0) is 18.4. The van der Waals surface area contributed by atoms with E-state index in [4.69, 9.17) is 14.7 Å². The van der Waals surface area contributed by atoms with E-state index in [9.17, 15) is 8.78 Å². The predicted molar refractivity (Wildman–Crippen MR) is 92.0 cm³/mol. The Bertz CT molecular complexity index is 838. The van der Waals surface area contributed by atoms with Crippen molar-refractivity contribution < 1.29 is 18.3 Å². The lowest BCUT2D eigenvalue weighted by Gasteiger charge is -2.52. The summed E-state index contributed by atoms with van der Waals surface area (Å²) in [7, 11) is 0. The molecular weight excluding hydrogens is 336 g/mol. The Morgan fingerprint density at radius 1 is 1.00 bits per heavy atom. The van der Waals surface area contributed by atoms with Crippen molar-refractivity contribution >= 4 is 0 Å². The van der Waals surface area contributed by atoms with Crippen molar-refractivity contribution in [2.24, 2.45) is 5.41 Å². The van der Waals surface area contributed by atoms with Crippen molar-refractivity contribution in [1.29, 1.82) is 5.26 Å². The summed E-state index contributed by atoms with van der Waals surface area (Å²) in [6.07, 6.45) is 2.91. The molecule has 3 aliphatic rings. The fraction of sp³-hybridized carbons (Fsp3) is 0.381. The molecular formula is C21H19F2NO2. The molecule has 0 spiro atoms. The Morgan fingerprint density at radius 3 is 2.08 bits per heavy atom. The lowest BCUT2D eigenvalue weighted by atomic mass is 9.75. The third-order valence-corrected chi connectivity index (χ3v) is 5.77. The van der Waals surface area contributed by atoms with Gasteiger partial charge in [-0.3, -0.25) is 0 Å². The van der Waals surface area contributed by atoms with Crippen molar-refractivity contribution in [1.82, 2.24) is 0 Å². The van der Waals surface area contributed by atoms with Crippen LogP contribution in [0.15, 0.2) is 36.4 Å². The minimum atomic E-state index is -0.854. The number of rotatable bonds is 3. The summed E-state index contributed by atoms with van der Waals surface area (Å²) in [6, 6.07) is 11.3. The maximum Gasteiger partial charge on any atom is 0.194 e. The molecule has 3 aliphatic heterocycles. The second-order valence-electron chi connectivity index (χ2n) is 7.19. The van der Waals surface area contributed by atoms with Gasteiger partial charge in [-0.1, -0.05) is 31.2 Å². The van der Waals surface area contributed by atoms with Gasteiger partial charge in [0.1, 0.15) is 23.3 Å². The molecule has 0 atom stereocenters. The molecule has 3 saturated heterocycles. The molecule has 3 heterocycles. The normalized spacial score (nSPS) is 27.3. The van der Waals surface area contributed by atoms with Crippen LogP contribution in [0.2, 0.25) is 0 Å². The number of halogens is 2. The molecule has 134 valence electrons. The molecule has 0 amide bonds. The molecule has 2 bridgehead atoms. The van der Waals surface area contributed by atoms with Crippen LogP contribution in [0.3, 0.4) is 0 Å². The van der Waals surface area contributed by atoms with Crippen LogP contribution in [-0.4, -0.2) is 13.2 Å². The number of benzene rings is 2. The zero-order valence-electron chi connectivity index (χ0n) is 14.5. The van der Waals surface area contributed by atoms with E-state index in [1.165, 1.54) is 18.2 Å². The van der Waals surface area contributed by atoms with Gasteiger partial charge in [-0.2, -0.15) is 5.26 Å². The maximum absolute atomic E-state index is 13.9. The minimum absolute atomic E-state index is 0.138. The fourth-order valence-corrected chi connectivity index (χ4v) is 3.80. The van der Waals surface area contributed by atoms with E-state index >= 15 is 0 Å². The monoisotopic (exact) mass is 355 g/mol. The summed E-state index contributed by atoms with van der Waals surface area (Å²) in [5.41, 5.74) is 1.55. The van der Waals surface area contributed by atoms with Gasteiger partial charge in [0.2, 0.25) is 0 Å². The number of nitriles is 1. The van der Waals surface area contributed by atoms with E-state index in [1.807, 2.05) is 12.1 Å². The molecule has 26 heavy (non-hydrogen) atoms. The predicted octanol–water partition coefficient (Wildman–Crippen LogP) is 4.89. The first-order chi connectivity index (χ1) is 12.5. The van der Waals surface area contributed by atoms with E-state index in [0.29, 0.717) is 24.3 Å². The van der Waals surface area contributed by atoms with E-state index in [0.717, 1.165) is 24.8 Å². The van der Waals surface area contributed by atoms with E-state index in [-0.39, 0.29) is 5.41 Å². The second kappa shape index (κ2) is 6.15. The van der Waals surface area contributed by atoms with Gasteiger partial charge >= 0.3 is 0 Å². The third-order valence-electron chi connectivity index (χ3n) is 5.77. The highest BCUT2D eigenvalue weighted by Gasteiger charge is 2.51. The van der Waals surface area contributed by atoms with Crippen LogP contribution in [0, 0.1) is 28.4 Å². The molecule has 0 unspecified atom stereocenters. The highest BCUT2D eigenvalue weighted by atomic mass is 19.1. The largest absolute Gasteiger partial charge is 0.345 e. The average Bonchev–Trinajstić information content (AvgIpc) is 2.69. The van der Waals surface area contributed by atoms with Gasteiger partial charge in [-0.05, 0) is 36.1 Å².